The Labute approximate surface area is 195 Å². The number of rotatable bonds is 6. The lowest BCUT2D eigenvalue weighted by Crippen LogP contribution is -2.48. The number of piperazine rings is 1. The summed E-state index contributed by atoms with van der Waals surface area (Å²) in [5, 5.41) is 0.694. The minimum absolute atomic E-state index is 0.126. The molecule has 10 heteroatoms. The van der Waals surface area contributed by atoms with Gasteiger partial charge < -0.3 is 0 Å². The first kappa shape index (κ1) is 23.7. The van der Waals surface area contributed by atoms with Crippen LogP contribution in [-0.2, 0) is 26.6 Å². The monoisotopic (exact) mass is 497 g/mol. The van der Waals surface area contributed by atoms with Crippen molar-refractivity contribution in [1.29, 1.82) is 0 Å². The summed E-state index contributed by atoms with van der Waals surface area (Å²) in [5.41, 5.74) is 1.14. The molecule has 2 aromatic rings. The van der Waals surface area contributed by atoms with Gasteiger partial charge in [-0.2, -0.15) is 8.61 Å². The second-order valence-corrected chi connectivity index (χ2v) is 12.6. The molecule has 2 aliphatic heterocycles. The van der Waals surface area contributed by atoms with Crippen molar-refractivity contribution in [1.82, 2.24) is 13.5 Å². The number of hydrogen-bond acceptors (Lipinski definition) is 5. The van der Waals surface area contributed by atoms with E-state index in [9.17, 15) is 16.8 Å². The van der Waals surface area contributed by atoms with Crippen molar-refractivity contribution >= 4 is 31.6 Å². The van der Waals surface area contributed by atoms with Crippen LogP contribution >= 0.6 is 11.6 Å². The molecule has 0 N–H and O–H groups in total. The number of piperidine rings is 1. The predicted octanol–water partition coefficient (Wildman–Crippen LogP) is 3.02. The largest absolute Gasteiger partial charge is 0.296 e. The predicted molar refractivity (Wildman–Crippen MR) is 125 cm³/mol. The van der Waals surface area contributed by atoms with Crippen LogP contribution in [0, 0.1) is 0 Å². The second-order valence-electron chi connectivity index (χ2n) is 8.24. The quantitative estimate of drug-likeness (QED) is 0.613. The number of benzene rings is 2. The molecule has 2 fully saturated rings. The summed E-state index contributed by atoms with van der Waals surface area (Å²) in [4.78, 5) is 2.48. The Morgan fingerprint density at radius 1 is 0.625 bits per heavy atom. The van der Waals surface area contributed by atoms with Gasteiger partial charge in [-0.05, 0) is 54.8 Å². The third-order valence-electron chi connectivity index (χ3n) is 6.07. The van der Waals surface area contributed by atoms with Crippen molar-refractivity contribution < 1.29 is 16.8 Å². The fourth-order valence-corrected chi connectivity index (χ4v) is 7.23. The van der Waals surface area contributed by atoms with Gasteiger partial charge in [0.15, 0.2) is 0 Å². The SMILES string of the molecule is O=S(=O)(c1ccc(S(=O)(=O)N2CCN(Cc3ccc(Cl)cc3)CC2)cc1)N1CCCCC1. The van der Waals surface area contributed by atoms with E-state index >= 15 is 0 Å². The minimum Gasteiger partial charge on any atom is -0.296 e. The maximum atomic E-state index is 13.1. The summed E-state index contributed by atoms with van der Waals surface area (Å²) in [5.74, 6) is 0. The van der Waals surface area contributed by atoms with E-state index in [0.717, 1.165) is 31.4 Å². The number of sulfonamides is 2. The van der Waals surface area contributed by atoms with E-state index < -0.39 is 20.0 Å². The van der Waals surface area contributed by atoms with E-state index in [1.165, 1.54) is 32.9 Å². The van der Waals surface area contributed by atoms with E-state index in [1.54, 1.807) is 0 Å². The fourth-order valence-electron chi connectivity index (χ4n) is 4.16. The summed E-state index contributed by atoms with van der Waals surface area (Å²) in [7, 11) is -7.25. The zero-order valence-corrected chi connectivity index (χ0v) is 20.2. The smallest absolute Gasteiger partial charge is 0.243 e. The van der Waals surface area contributed by atoms with Gasteiger partial charge in [-0.15, -0.1) is 0 Å². The Morgan fingerprint density at radius 3 is 1.59 bits per heavy atom. The Balaban J connectivity index is 1.40. The maximum absolute atomic E-state index is 13.1. The highest BCUT2D eigenvalue weighted by atomic mass is 35.5. The van der Waals surface area contributed by atoms with Gasteiger partial charge in [0.05, 0.1) is 9.79 Å². The van der Waals surface area contributed by atoms with Crippen LogP contribution in [-0.4, -0.2) is 69.6 Å². The Morgan fingerprint density at radius 2 is 1.09 bits per heavy atom. The van der Waals surface area contributed by atoms with Crippen molar-refractivity contribution in [3.8, 4) is 0 Å². The lowest BCUT2D eigenvalue weighted by molar-refractivity contribution is 0.181. The average Bonchev–Trinajstić information content (AvgIpc) is 2.81. The zero-order valence-electron chi connectivity index (χ0n) is 17.9. The van der Waals surface area contributed by atoms with Crippen LogP contribution in [0.4, 0.5) is 0 Å². The highest BCUT2D eigenvalue weighted by molar-refractivity contribution is 7.89. The van der Waals surface area contributed by atoms with E-state index in [1.807, 2.05) is 24.3 Å². The van der Waals surface area contributed by atoms with Crippen LogP contribution in [0.15, 0.2) is 58.3 Å². The van der Waals surface area contributed by atoms with Gasteiger partial charge in [0, 0.05) is 50.8 Å². The summed E-state index contributed by atoms with van der Waals surface area (Å²) in [6.07, 6.45) is 2.75. The third kappa shape index (κ3) is 5.18. The van der Waals surface area contributed by atoms with Crippen LogP contribution in [0.1, 0.15) is 24.8 Å². The van der Waals surface area contributed by atoms with Crippen molar-refractivity contribution in [3.05, 3.63) is 59.1 Å². The summed E-state index contributed by atoms with van der Waals surface area (Å²) in [6.45, 7) is 3.82. The van der Waals surface area contributed by atoms with Gasteiger partial charge in [0.25, 0.3) is 0 Å². The van der Waals surface area contributed by atoms with Crippen LogP contribution in [0.25, 0.3) is 0 Å². The van der Waals surface area contributed by atoms with Gasteiger partial charge in [-0.25, -0.2) is 16.8 Å². The standard InChI is InChI=1S/C22H28ClN3O4S2/c23-20-6-4-19(5-7-20)18-24-14-16-26(17-15-24)32(29,30)22-10-8-21(9-11-22)31(27,28)25-12-2-1-3-13-25/h4-11H,1-3,12-18H2. The fraction of sp³-hybridized carbons (Fsp3) is 0.455. The van der Waals surface area contributed by atoms with Gasteiger partial charge in [0.2, 0.25) is 20.0 Å². The molecule has 0 bridgehead atoms. The van der Waals surface area contributed by atoms with Crippen LogP contribution in [0.2, 0.25) is 5.02 Å². The topological polar surface area (TPSA) is 78.0 Å². The molecule has 32 heavy (non-hydrogen) atoms. The molecule has 0 unspecified atom stereocenters. The molecule has 0 aliphatic carbocycles. The molecular weight excluding hydrogens is 470 g/mol. The van der Waals surface area contributed by atoms with E-state index in [-0.39, 0.29) is 9.79 Å². The maximum Gasteiger partial charge on any atom is 0.243 e. The Kier molecular flexibility index (Phi) is 7.24. The molecule has 0 aromatic heterocycles. The van der Waals surface area contributed by atoms with Crippen LogP contribution in [0.5, 0.6) is 0 Å². The lowest BCUT2D eigenvalue weighted by atomic mass is 10.2. The zero-order chi connectivity index (χ0) is 22.8. The molecule has 0 radical (unpaired) electrons. The van der Waals surface area contributed by atoms with E-state index in [2.05, 4.69) is 4.90 Å². The summed E-state index contributed by atoms with van der Waals surface area (Å²) >= 11 is 5.93. The molecule has 2 heterocycles. The lowest BCUT2D eigenvalue weighted by Gasteiger charge is -2.34. The highest BCUT2D eigenvalue weighted by Crippen LogP contribution is 2.24. The van der Waals surface area contributed by atoms with Gasteiger partial charge in [-0.1, -0.05) is 30.2 Å². The molecular formula is C22H28ClN3O4S2. The van der Waals surface area contributed by atoms with Gasteiger partial charge in [0.1, 0.15) is 0 Å². The van der Waals surface area contributed by atoms with Gasteiger partial charge in [-0.3, -0.25) is 4.90 Å². The summed E-state index contributed by atoms with van der Waals surface area (Å²) in [6, 6.07) is 13.3. The molecule has 2 aliphatic rings. The van der Waals surface area contributed by atoms with Crippen molar-refractivity contribution in [2.24, 2.45) is 0 Å². The van der Waals surface area contributed by atoms with Gasteiger partial charge >= 0.3 is 0 Å². The van der Waals surface area contributed by atoms with Crippen LogP contribution < -0.4 is 0 Å². The first-order valence-corrected chi connectivity index (χ1v) is 14.1. The van der Waals surface area contributed by atoms with Crippen LogP contribution in [0.3, 0.4) is 0 Å². The number of hydrogen-bond donors (Lipinski definition) is 0. The highest BCUT2D eigenvalue weighted by Gasteiger charge is 2.30. The normalized spacial score (nSPS) is 19.8. The first-order chi connectivity index (χ1) is 15.3. The van der Waals surface area contributed by atoms with E-state index in [4.69, 9.17) is 11.6 Å². The molecule has 7 nitrogen and oxygen atoms in total. The Bertz CT molecular complexity index is 1120. The third-order valence-corrected chi connectivity index (χ3v) is 10.1. The van der Waals surface area contributed by atoms with Crippen molar-refractivity contribution in [3.63, 3.8) is 0 Å². The molecule has 0 atom stereocenters. The Hall–Kier alpha value is -1.49. The molecule has 174 valence electrons. The molecule has 2 saturated heterocycles. The molecule has 0 spiro atoms. The average molecular weight is 498 g/mol. The second kappa shape index (κ2) is 9.79. The van der Waals surface area contributed by atoms with Crippen molar-refractivity contribution in [2.45, 2.75) is 35.6 Å². The number of nitrogens with zero attached hydrogens (tertiary/aromatic N) is 3. The number of halogens is 1. The molecule has 2 aromatic carbocycles. The molecule has 0 saturated carbocycles. The summed E-state index contributed by atoms with van der Waals surface area (Å²) < 4.78 is 54.7. The molecule has 0 amide bonds. The minimum atomic E-state index is -3.67. The van der Waals surface area contributed by atoms with E-state index in [0.29, 0.717) is 44.3 Å². The van der Waals surface area contributed by atoms with Crippen molar-refractivity contribution in [2.75, 3.05) is 39.3 Å². The molecule has 4 rings (SSSR count). The first-order valence-electron chi connectivity index (χ1n) is 10.8.